The second-order valence-electron chi connectivity index (χ2n) is 7.91. The molecular formula is C22H23F3N2O4S. The molecule has 0 aliphatic carbocycles. The van der Waals surface area contributed by atoms with E-state index in [1.54, 1.807) is 0 Å². The van der Waals surface area contributed by atoms with Crippen LogP contribution >= 0.6 is 0 Å². The van der Waals surface area contributed by atoms with Crippen molar-refractivity contribution >= 4 is 15.9 Å². The van der Waals surface area contributed by atoms with E-state index in [9.17, 15) is 26.4 Å². The van der Waals surface area contributed by atoms with Crippen LogP contribution in [0.5, 0.6) is 5.75 Å². The van der Waals surface area contributed by atoms with Gasteiger partial charge in [-0.1, -0.05) is 30.3 Å². The number of ether oxygens (including phenoxy) is 1. The maximum Gasteiger partial charge on any atom is 0.417 e. The summed E-state index contributed by atoms with van der Waals surface area (Å²) in [5, 5.41) is 3.02. The molecule has 1 saturated heterocycles. The zero-order chi connectivity index (χ0) is 22.9. The van der Waals surface area contributed by atoms with Crippen molar-refractivity contribution < 1.29 is 31.1 Å². The van der Waals surface area contributed by atoms with E-state index >= 15 is 0 Å². The molecule has 0 aromatic heterocycles. The average Bonchev–Trinajstić information content (AvgIpc) is 2.79. The largest absolute Gasteiger partial charge is 0.493 e. The fraction of sp³-hybridized carbons (Fsp3) is 0.409. The maximum absolute atomic E-state index is 13.3. The molecule has 4 rings (SSSR count). The number of fused-ring (bicyclic) bond motifs is 1. The second kappa shape index (κ2) is 8.74. The number of benzene rings is 2. The quantitative estimate of drug-likeness (QED) is 0.742. The average molecular weight is 468 g/mol. The first kappa shape index (κ1) is 22.6. The van der Waals surface area contributed by atoms with E-state index in [0.717, 1.165) is 33.8 Å². The second-order valence-corrected chi connectivity index (χ2v) is 9.81. The van der Waals surface area contributed by atoms with Crippen LogP contribution in [0.1, 0.15) is 36.4 Å². The van der Waals surface area contributed by atoms with Gasteiger partial charge in [0.25, 0.3) is 0 Å². The van der Waals surface area contributed by atoms with E-state index in [0.29, 0.717) is 13.0 Å². The number of halogens is 3. The number of nitrogens with one attached hydrogen (secondary N) is 1. The Morgan fingerprint density at radius 3 is 2.38 bits per heavy atom. The minimum atomic E-state index is -4.78. The number of sulfonamides is 1. The molecule has 0 saturated carbocycles. The molecule has 172 valence electrons. The van der Waals surface area contributed by atoms with Gasteiger partial charge in [0, 0.05) is 31.0 Å². The fourth-order valence-corrected chi connectivity index (χ4v) is 5.89. The summed E-state index contributed by atoms with van der Waals surface area (Å²) in [4.78, 5) is 12.1. The van der Waals surface area contributed by atoms with Gasteiger partial charge in [-0.25, -0.2) is 8.42 Å². The van der Waals surface area contributed by atoms with E-state index in [2.05, 4.69) is 5.32 Å². The van der Waals surface area contributed by atoms with Gasteiger partial charge in [-0.05, 0) is 31.0 Å². The molecule has 10 heteroatoms. The molecular weight excluding hydrogens is 445 g/mol. The lowest BCUT2D eigenvalue weighted by molar-refractivity contribution is -0.139. The Morgan fingerprint density at radius 1 is 1.00 bits per heavy atom. The number of nitrogens with zero attached hydrogens (tertiary/aromatic N) is 1. The Labute approximate surface area is 184 Å². The van der Waals surface area contributed by atoms with Crippen molar-refractivity contribution in [2.75, 3.05) is 19.7 Å². The molecule has 2 heterocycles. The number of carbonyl (C=O) groups excluding carboxylic acids is 1. The van der Waals surface area contributed by atoms with Crippen molar-refractivity contribution in [2.24, 2.45) is 5.92 Å². The zero-order valence-electron chi connectivity index (χ0n) is 17.1. The van der Waals surface area contributed by atoms with Gasteiger partial charge >= 0.3 is 6.18 Å². The number of piperidine rings is 1. The Morgan fingerprint density at radius 2 is 1.66 bits per heavy atom. The van der Waals surface area contributed by atoms with Crippen molar-refractivity contribution in [2.45, 2.75) is 36.4 Å². The molecule has 0 bridgehead atoms. The van der Waals surface area contributed by atoms with Crippen LogP contribution < -0.4 is 10.1 Å². The van der Waals surface area contributed by atoms with Gasteiger partial charge in [0.1, 0.15) is 5.75 Å². The molecule has 32 heavy (non-hydrogen) atoms. The summed E-state index contributed by atoms with van der Waals surface area (Å²) in [6, 6.07) is 11.4. The SMILES string of the molecule is O=C(NC1CCOc2ccccc21)C1CCN(S(=O)(=O)c2ccccc2C(F)(F)F)CC1. The molecule has 1 atom stereocenters. The molecule has 2 aromatic rings. The maximum atomic E-state index is 13.3. The van der Waals surface area contributed by atoms with Crippen molar-refractivity contribution in [1.29, 1.82) is 0 Å². The van der Waals surface area contributed by atoms with Crippen molar-refractivity contribution in [3.8, 4) is 5.75 Å². The third kappa shape index (κ3) is 4.47. The predicted octanol–water partition coefficient (Wildman–Crippen LogP) is 3.75. The van der Waals surface area contributed by atoms with Gasteiger partial charge in [-0.15, -0.1) is 0 Å². The minimum Gasteiger partial charge on any atom is -0.493 e. The number of carbonyl (C=O) groups is 1. The zero-order valence-corrected chi connectivity index (χ0v) is 18.0. The molecule has 1 fully saturated rings. The van der Waals surface area contributed by atoms with Crippen molar-refractivity contribution in [3.05, 3.63) is 59.7 Å². The van der Waals surface area contributed by atoms with E-state index in [1.165, 1.54) is 6.07 Å². The smallest absolute Gasteiger partial charge is 0.417 e. The molecule has 2 aromatic carbocycles. The lowest BCUT2D eigenvalue weighted by Crippen LogP contribution is -2.44. The third-order valence-electron chi connectivity index (χ3n) is 5.91. The number of hydrogen-bond acceptors (Lipinski definition) is 4. The normalized spacial score (nSPS) is 20.3. The summed E-state index contributed by atoms with van der Waals surface area (Å²) in [7, 11) is -4.33. The molecule has 1 N–H and O–H groups in total. The Bertz CT molecular complexity index is 1100. The highest BCUT2D eigenvalue weighted by atomic mass is 32.2. The van der Waals surface area contributed by atoms with Crippen LogP contribution in [-0.4, -0.2) is 38.3 Å². The first-order valence-electron chi connectivity index (χ1n) is 10.4. The Kier molecular flexibility index (Phi) is 6.17. The van der Waals surface area contributed by atoms with Crippen LogP contribution in [0.2, 0.25) is 0 Å². The third-order valence-corrected chi connectivity index (χ3v) is 7.87. The minimum absolute atomic E-state index is 0.0169. The highest BCUT2D eigenvalue weighted by molar-refractivity contribution is 7.89. The van der Waals surface area contributed by atoms with Gasteiger partial charge in [-0.2, -0.15) is 17.5 Å². The lowest BCUT2D eigenvalue weighted by Gasteiger charge is -2.33. The predicted molar refractivity (Wildman–Crippen MR) is 110 cm³/mol. The van der Waals surface area contributed by atoms with Crippen LogP contribution in [0.15, 0.2) is 53.4 Å². The number of para-hydroxylation sites is 1. The summed E-state index contributed by atoms with van der Waals surface area (Å²) >= 11 is 0. The molecule has 1 unspecified atom stereocenters. The van der Waals surface area contributed by atoms with E-state index in [1.807, 2.05) is 24.3 Å². The summed E-state index contributed by atoms with van der Waals surface area (Å²) in [6.45, 7) is 0.450. The lowest BCUT2D eigenvalue weighted by atomic mass is 9.95. The molecule has 2 aliphatic heterocycles. The first-order valence-corrected chi connectivity index (χ1v) is 11.8. The van der Waals surface area contributed by atoms with Gasteiger partial charge in [-0.3, -0.25) is 4.79 Å². The van der Waals surface area contributed by atoms with E-state index in [-0.39, 0.29) is 37.9 Å². The van der Waals surface area contributed by atoms with Crippen LogP contribution in [0.25, 0.3) is 0 Å². The Balaban J connectivity index is 1.42. The fourth-order valence-electron chi connectivity index (χ4n) is 4.20. The summed E-state index contributed by atoms with van der Waals surface area (Å²) in [6.07, 6.45) is -3.67. The number of amides is 1. The van der Waals surface area contributed by atoms with Crippen molar-refractivity contribution in [3.63, 3.8) is 0 Å². The van der Waals surface area contributed by atoms with E-state index < -0.39 is 32.6 Å². The number of alkyl halides is 3. The summed E-state index contributed by atoms with van der Waals surface area (Å²) in [5.74, 6) is 0.141. The van der Waals surface area contributed by atoms with E-state index in [4.69, 9.17) is 4.74 Å². The van der Waals surface area contributed by atoms with Gasteiger partial charge in [0.2, 0.25) is 15.9 Å². The summed E-state index contributed by atoms with van der Waals surface area (Å²) < 4.78 is 72.3. The molecule has 0 radical (unpaired) electrons. The summed E-state index contributed by atoms with van der Waals surface area (Å²) in [5.41, 5.74) is -0.283. The van der Waals surface area contributed by atoms with Gasteiger partial charge < -0.3 is 10.1 Å². The van der Waals surface area contributed by atoms with Crippen LogP contribution in [0.4, 0.5) is 13.2 Å². The monoisotopic (exact) mass is 468 g/mol. The molecule has 6 nitrogen and oxygen atoms in total. The van der Waals surface area contributed by atoms with Gasteiger partial charge in [0.05, 0.1) is 23.1 Å². The van der Waals surface area contributed by atoms with Crippen molar-refractivity contribution in [1.82, 2.24) is 9.62 Å². The molecule has 0 spiro atoms. The van der Waals surface area contributed by atoms with Crippen LogP contribution in [0.3, 0.4) is 0 Å². The van der Waals surface area contributed by atoms with Crippen LogP contribution in [0, 0.1) is 5.92 Å². The molecule has 2 aliphatic rings. The standard InChI is InChI=1S/C22H23F3N2O4S/c23-22(24,25)17-6-2-4-8-20(17)32(29,30)27-12-9-15(10-13-27)21(28)26-18-11-14-31-19-7-3-1-5-16(18)19/h1-8,15,18H,9-14H2,(H,26,28). The topological polar surface area (TPSA) is 75.7 Å². The highest BCUT2D eigenvalue weighted by Gasteiger charge is 2.40. The van der Waals surface area contributed by atoms with Crippen LogP contribution in [-0.2, 0) is 21.0 Å². The first-order chi connectivity index (χ1) is 15.2. The number of hydrogen-bond donors (Lipinski definition) is 1. The Hall–Kier alpha value is -2.59. The van der Waals surface area contributed by atoms with Gasteiger partial charge in [0.15, 0.2) is 0 Å². The number of rotatable bonds is 4. The highest BCUT2D eigenvalue weighted by Crippen LogP contribution is 2.36. The molecule has 1 amide bonds.